The third-order valence-electron chi connectivity index (χ3n) is 5.67. The number of nitrogens with two attached hydrogens (primary N) is 2. The maximum atomic E-state index is 13.3. The minimum Gasteiger partial charge on any atom is -0.468 e. The lowest BCUT2D eigenvalue weighted by molar-refractivity contribution is -0.164. The smallest absolute Gasteiger partial charge is 0.335 e. The Bertz CT molecular complexity index is 1060. The van der Waals surface area contributed by atoms with Crippen LogP contribution in [0.15, 0.2) is 48.5 Å². The number of methoxy groups -OCH3 is 1. The van der Waals surface area contributed by atoms with E-state index in [0.717, 1.165) is 0 Å². The zero-order chi connectivity index (χ0) is 26.2. The van der Waals surface area contributed by atoms with Crippen LogP contribution in [-0.2, 0) is 30.4 Å². The molecule has 0 aromatic heterocycles. The first-order valence-electron chi connectivity index (χ1n) is 11.4. The van der Waals surface area contributed by atoms with E-state index < -0.39 is 42.0 Å². The number of nitrogens with one attached hydrogen (secondary N) is 1. The molecule has 3 rings (SSSR count). The molecule has 0 bridgehead atoms. The number of para-hydroxylation sites is 1. The second-order valence-corrected chi connectivity index (χ2v) is 8.56. The number of ether oxygens (including phenoxy) is 4. The summed E-state index contributed by atoms with van der Waals surface area (Å²) in [7, 11) is 1.21. The van der Waals surface area contributed by atoms with Crippen molar-refractivity contribution in [1.82, 2.24) is 5.48 Å². The molecule has 2 aromatic carbocycles. The lowest BCUT2D eigenvalue weighted by atomic mass is 9.94. The molecule has 1 aliphatic rings. The van der Waals surface area contributed by atoms with Gasteiger partial charge >= 0.3 is 11.9 Å². The van der Waals surface area contributed by atoms with Crippen LogP contribution in [0.2, 0.25) is 0 Å². The molecule has 0 radical (unpaired) electrons. The monoisotopic (exact) mass is 501 g/mol. The van der Waals surface area contributed by atoms with Crippen LogP contribution < -0.4 is 31.2 Å². The van der Waals surface area contributed by atoms with Crippen molar-refractivity contribution in [3.63, 3.8) is 0 Å². The van der Waals surface area contributed by atoms with Gasteiger partial charge in [0.25, 0.3) is 0 Å². The van der Waals surface area contributed by atoms with Crippen molar-refractivity contribution in [3.8, 4) is 17.2 Å². The molecule has 0 saturated heterocycles. The molecule has 0 amide bonds. The predicted octanol–water partition coefficient (Wildman–Crippen LogP) is 1.08. The van der Waals surface area contributed by atoms with Crippen LogP contribution in [0.5, 0.6) is 17.2 Å². The van der Waals surface area contributed by atoms with E-state index >= 15 is 0 Å². The molecule has 1 aliphatic heterocycles. The molecule has 0 spiro atoms. The standard InChI is InChI=1S/C25H31N3O8/c1-14(2)21(20(26)25(31)32-3)28-36-24(30)17(11-15-9-10-18-19(12-15)34-13-33-18)22(29)23(27)35-16-7-5-4-6-8-16/h4-10,12,14,17,20-21,23,28H,11,13,26-27H2,1-3H3/t17?,20-,21?,23?/m0/s1. The second kappa shape index (κ2) is 12.3. The van der Waals surface area contributed by atoms with Crippen LogP contribution in [0, 0.1) is 11.8 Å². The van der Waals surface area contributed by atoms with E-state index in [4.69, 9.17) is 30.5 Å². The Morgan fingerprint density at radius 1 is 1.00 bits per heavy atom. The number of Topliss-reactive ketones (excluding diaryl/α,β-unsaturated/α-hetero) is 1. The van der Waals surface area contributed by atoms with Gasteiger partial charge in [0, 0.05) is 0 Å². The van der Waals surface area contributed by atoms with Crippen LogP contribution in [0.25, 0.3) is 0 Å². The molecular weight excluding hydrogens is 470 g/mol. The lowest BCUT2D eigenvalue weighted by Crippen LogP contribution is -2.54. The fourth-order valence-corrected chi connectivity index (χ4v) is 3.61. The van der Waals surface area contributed by atoms with Gasteiger partial charge in [-0.1, -0.05) is 38.1 Å². The first kappa shape index (κ1) is 26.9. The Morgan fingerprint density at radius 3 is 2.36 bits per heavy atom. The van der Waals surface area contributed by atoms with Gasteiger partial charge in [-0.25, -0.2) is 4.79 Å². The normalized spacial score (nSPS) is 15.5. The minimum atomic E-state index is -1.43. The maximum absolute atomic E-state index is 13.3. The molecule has 1 heterocycles. The zero-order valence-corrected chi connectivity index (χ0v) is 20.3. The summed E-state index contributed by atoms with van der Waals surface area (Å²) in [5.74, 6) is -2.39. The Balaban J connectivity index is 1.78. The minimum absolute atomic E-state index is 0.0444. The van der Waals surface area contributed by atoms with Gasteiger partial charge in [0.1, 0.15) is 17.7 Å². The van der Waals surface area contributed by atoms with Crippen LogP contribution >= 0.6 is 0 Å². The van der Waals surface area contributed by atoms with Gasteiger partial charge in [-0.2, -0.15) is 0 Å². The third kappa shape index (κ3) is 6.72. The Morgan fingerprint density at radius 2 is 1.69 bits per heavy atom. The average molecular weight is 502 g/mol. The molecule has 2 aromatic rings. The van der Waals surface area contributed by atoms with Gasteiger partial charge in [0.05, 0.1) is 13.2 Å². The van der Waals surface area contributed by atoms with Crippen molar-refractivity contribution in [2.45, 2.75) is 38.6 Å². The summed E-state index contributed by atoms with van der Waals surface area (Å²) < 4.78 is 20.9. The topological polar surface area (TPSA) is 161 Å². The Hall–Kier alpha value is -3.67. The molecule has 4 atom stereocenters. The number of fused-ring (bicyclic) bond motifs is 1. The number of hydrogen-bond donors (Lipinski definition) is 3. The summed E-state index contributed by atoms with van der Waals surface area (Å²) in [5.41, 5.74) is 15.1. The Labute approximate surface area is 208 Å². The summed E-state index contributed by atoms with van der Waals surface area (Å²) in [6, 6.07) is 11.7. The van der Waals surface area contributed by atoms with E-state index in [9.17, 15) is 14.4 Å². The van der Waals surface area contributed by atoms with Crippen molar-refractivity contribution in [2.75, 3.05) is 13.9 Å². The molecular formula is C25H31N3O8. The highest BCUT2D eigenvalue weighted by Gasteiger charge is 2.36. The summed E-state index contributed by atoms with van der Waals surface area (Å²) in [5, 5.41) is 0. The second-order valence-electron chi connectivity index (χ2n) is 8.56. The van der Waals surface area contributed by atoms with E-state index in [1.54, 1.807) is 62.4 Å². The van der Waals surface area contributed by atoms with E-state index in [1.807, 2.05) is 0 Å². The average Bonchev–Trinajstić information content (AvgIpc) is 3.34. The summed E-state index contributed by atoms with van der Waals surface area (Å²) in [6.07, 6.45) is -1.48. The van der Waals surface area contributed by atoms with Crippen LogP contribution in [0.1, 0.15) is 19.4 Å². The number of rotatable bonds is 12. The van der Waals surface area contributed by atoms with E-state index in [2.05, 4.69) is 10.2 Å². The number of hydroxylamine groups is 1. The molecule has 11 nitrogen and oxygen atoms in total. The number of esters is 1. The number of hydrogen-bond acceptors (Lipinski definition) is 11. The van der Waals surface area contributed by atoms with Gasteiger partial charge in [0.2, 0.25) is 18.8 Å². The summed E-state index contributed by atoms with van der Waals surface area (Å²) in [6.45, 7) is 3.65. The number of carbonyl (C=O) groups excluding carboxylic acids is 3. The van der Waals surface area contributed by atoms with Gasteiger partial charge in [-0.15, -0.1) is 5.48 Å². The molecule has 11 heteroatoms. The van der Waals surface area contributed by atoms with Crippen molar-refractivity contribution >= 4 is 17.7 Å². The van der Waals surface area contributed by atoms with Gasteiger partial charge < -0.3 is 29.5 Å². The highest BCUT2D eigenvalue weighted by Crippen LogP contribution is 2.33. The SMILES string of the molecule is COC(=O)[C@@H](N)C(NOC(=O)C(Cc1ccc2c(c1)OCO2)C(=O)C(N)Oc1ccccc1)C(C)C. The van der Waals surface area contributed by atoms with Crippen LogP contribution in [0.3, 0.4) is 0 Å². The van der Waals surface area contributed by atoms with Crippen LogP contribution in [0.4, 0.5) is 0 Å². The first-order chi connectivity index (χ1) is 17.2. The molecule has 36 heavy (non-hydrogen) atoms. The number of carbonyl (C=O) groups is 3. The van der Waals surface area contributed by atoms with Crippen molar-refractivity contribution in [1.29, 1.82) is 0 Å². The molecule has 3 unspecified atom stereocenters. The van der Waals surface area contributed by atoms with Crippen molar-refractivity contribution in [2.24, 2.45) is 23.3 Å². The highest BCUT2D eigenvalue weighted by atomic mass is 16.7. The maximum Gasteiger partial charge on any atom is 0.335 e. The fourth-order valence-electron chi connectivity index (χ4n) is 3.61. The van der Waals surface area contributed by atoms with E-state index in [0.29, 0.717) is 22.8 Å². The zero-order valence-electron chi connectivity index (χ0n) is 20.3. The van der Waals surface area contributed by atoms with Gasteiger partial charge in [-0.05, 0) is 42.2 Å². The largest absolute Gasteiger partial charge is 0.468 e. The highest BCUT2D eigenvalue weighted by molar-refractivity contribution is 6.01. The van der Waals surface area contributed by atoms with Crippen LogP contribution in [-0.4, -0.2) is 49.9 Å². The molecule has 0 fully saturated rings. The molecule has 194 valence electrons. The van der Waals surface area contributed by atoms with Gasteiger partial charge in [0.15, 0.2) is 11.5 Å². The fraction of sp³-hybridized carbons (Fsp3) is 0.400. The van der Waals surface area contributed by atoms with E-state index in [1.165, 1.54) is 7.11 Å². The number of ketones is 1. The van der Waals surface area contributed by atoms with Crippen molar-refractivity contribution < 1.29 is 38.2 Å². The summed E-state index contributed by atoms with van der Waals surface area (Å²) >= 11 is 0. The Kier molecular flexibility index (Phi) is 9.23. The lowest BCUT2D eigenvalue weighted by Gasteiger charge is -2.27. The van der Waals surface area contributed by atoms with Gasteiger partial charge in [-0.3, -0.25) is 15.3 Å². The third-order valence-corrected chi connectivity index (χ3v) is 5.67. The summed E-state index contributed by atoms with van der Waals surface area (Å²) in [4.78, 5) is 43.6. The number of benzene rings is 2. The molecule has 5 N–H and O–H groups in total. The predicted molar refractivity (Wildman–Crippen MR) is 128 cm³/mol. The quantitative estimate of drug-likeness (QED) is 0.165. The molecule has 0 saturated carbocycles. The first-order valence-corrected chi connectivity index (χ1v) is 11.4. The van der Waals surface area contributed by atoms with Crippen molar-refractivity contribution in [3.05, 3.63) is 54.1 Å². The molecule has 0 aliphatic carbocycles. The van der Waals surface area contributed by atoms with E-state index in [-0.39, 0.29) is 19.1 Å².